The Balaban J connectivity index is 1.77. The third-order valence-electron chi connectivity index (χ3n) is 5.54. The van der Waals surface area contributed by atoms with Gasteiger partial charge in [0.05, 0.1) is 17.8 Å². The van der Waals surface area contributed by atoms with Crippen molar-refractivity contribution in [3.63, 3.8) is 0 Å². The molecule has 4 rings (SSSR count). The van der Waals surface area contributed by atoms with Gasteiger partial charge in [0.25, 0.3) is 0 Å². The number of anilines is 2. The SMILES string of the molecule is CCC(=O)Nc1ccc2c(c1)N1CCC[C@H](NC(=O)C(F)(F)F)[C@@H]1c1ccccc1O2. The highest BCUT2D eigenvalue weighted by Crippen LogP contribution is 2.48. The molecule has 1 saturated heterocycles. The van der Waals surface area contributed by atoms with Gasteiger partial charge in [-0.05, 0) is 37.1 Å². The van der Waals surface area contributed by atoms with Gasteiger partial charge in [-0.3, -0.25) is 9.59 Å². The van der Waals surface area contributed by atoms with Crippen LogP contribution in [0.3, 0.4) is 0 Å². The number of benzene rings is 2. The number of rotatable bonds is 3. The molecular formula is C22H22F3N3O3. The highest BCUT2D eigenvalue weighted by atomic mass is 19.4. The number of amides is 2. The van der Waals surface area contributed by atoms with Crippen LogP contribution < -0.4 is 20.3 Å². The summed E-state index contributed by atoms with van der Waals surface area (Å²) < 4.78 is 45.0. The molecule has 2 amide bonds. The maximum Gasteiger partial charge on any atom is 0.471 e. The first kappa shape index (κ1) is 21.0. The molecule has 164 valence electrons. The van der Waals surface area contributed by atoms with E-state index in [-0.39, 0.29) is 5.91 Å². The maximum atomic E-state index is 13.0. The molecule has 31 heavy (non-hydrogen) atoms. The molecule has 2 heterocycles. The van der Waals surface area contributed by atoms with Crippen molar-refractivity contribution >= 4 is 23.2 Å². The molecular weight excluding hydrogens is 411 g/mol. The van der Waals surface area contributed by atoms with Gasteiger partial charge >= 0.3 is 12.1 Å². The van der Waals surface area contributed by atoms with Crippen molar-refractivity contribution in [3.05, 3.63) is 48.0 Å². The van der Waals surface area contributed by atoms with Crippen LogP contribution in [0.5, 0.6) is 11.5 Å². The van der Waals surface area contributed by atoms with Crippen LogP contribution in [0, 0.1) is 0 Å². The van der Waals surface area contributed by atoms with E-state index in [0.29, 0.717) is 54.2 Å². The van der Waals surface area contributed by atoms with Gasteiger partial charge in [0.2, 0.25) is 5.91 Å². The second kappa shape index (κ2) is 8.13. The standard InChI is InChI=1S/C22H22F3N3O3/c1-2-19(29)26-13-9-10-18-16(12-13)28-11-5-7-15(27-21(30)22(23,24)25)20(28)14-6-3-4-8-17(14)31-18/h3-4,6,8-10,12,15,20H,2,5,7,11H2,1H3,(H,26,29)(H,27,30)/t15-,20-/m0/s1. The first-order chi connectivity index (χ1) is 14.8. The number of fused-ring (bicyclic) bond motifs is 5. The predicted molar refractivity (Wildman–Crippen MR) is 109 cm³/mol. The quantitative estimate of drug-likeness (QED) is 0.746. The van der Waals surface area contributed by atoms with Crippen LogP contribution in [-0.4, -0.2) is 30.6 Å². The van der Waals surface area contributed by atoms with Gasteiger partial charge in [-0.1, -0.05) is 25.1 Å². The summed E-state index contributed by atoms with van der Waals surface area (Å²) in [6, 6.07) is 11.1. The number of nitrogens with zero attached hydrogens (tertiary/aromatic N) is 1. The number of halogens is 3. The number of nitrogens with one attached hydrogen (secondary N) is 2. The van der Waals surface area contributed by atoms with E-state index in [9.17, 15) is 22.8 Å². The monoisotopic (exact) mass is 433 g/mol. The molecule has 1 fully saturated rings. The van der Waals surface area contributed by atoms with Gasteiger partial charge in [0.15, 0.2) is 5.75 Å². The number of carbonyl (C=O) groups excluding carboxylic acids is 2. The van der Waals surface area contributed by atoms with Crippen LogP contribution in [0.25, 0.3) is 0 Å². The minimum atomic E-state index is -4.96. The van der Waals surface area contributed by atoms with E-state index in [1.807, 2.05) is 4.90 Å². The number of alkyl halides is 3. The van der Waals surface area contributed by atoms with Crippen molar-refractivity contribution in [3.8, 4) is 11.5 Å². The van der Waals surface area contributed by atoms with E-state index in [2.05, 4.69) is 10.6 Å². The molecule has 2 atom stereocenters. The van der Waals surface area contributed by atoms with E-state index in [1.165, 1.54) is 0 Å². The predicted octanol–water partition coefficient (Wildman–Crippen LogP) is 4.53. The van der Waals surface area contributed by atoms with Gasteiger partial charge in [-0.2, -0.15) is 13.2 Å². The molecule has 2 N–H and O–H groups in total. The lowest BCUT2D eigenvalue weighted by molar-refractivity contribution is -0.174. The molecule has 0 bridgehead atoms. The second-order valence-corrected chi connectivity index (χ2v) is 7.58. The van der Waals surface area contributed by atoms with Crippen molar-refractivity contribution < 1.29 is 27.5 Å². The Kier molecular flexibility index (Phi) is 5.51. The zero-order chi connectivity index (χ0) is 22.2. The summed E-state index contributed by atoms with van der Waals surface area (Å²) in [7, 11) is 0. The average molecular weight is 433 g/mol. The van der Waals surface area contributed by atoms with Gasteiger partial charge < -0.3 is 20.3 Å². The summed E-state index contributed by atoms with van der Waals surface area (Å²) in [5, 5.41) is 4.99. The van der Waals surface area contributed by atoms with Gasteiger partial charge in [-0.15, -0.1) is 0 Å². The molecule has 9 heteroatoms. The summed E-state index contributed by atoms with van der Waals surface area (Å²) in [5.74, 6) is -1.04. The topological polar surface area (TPSA) is 70.7 Å². The summed E-state index contributed by atoms with van der Waals surface area (Å²) >= 11 is 0. The van der Waals surface area contributed by atoms with E-state index in [1.54, 1.807) is 49.4 Å². The van der Waals surface area contributed by atoms with Crippen LogP contribution >= 0.6 is 0 Å². The third-order valence-corrected chi connectivity index (χ3v) is 5.54. The zero-order valence-electron chi connectivity index (χ0n) is 16.8. The lowest BCUT2D eigenvalue weighted by atomic mass is 9.89. The number of hydrogen-bond donors (Lipinski definition) is 2. The molecule has 0 unspecified atom stereocenters. The minimum Gasteiger partial charge on any atom is -0.455 e. The zero-order valence-corrected chi connectivity index (χ0v) is 16.8. The number of para-hydroxylation sites is 1. The summed E-state index contributed by atoms with van der Waals surface area (Å²) in [6.45, 7) is 2.31. The van der Waals surface area contributed by atoms with Gasteiger partial charge in [0, 0.05) is 24.2 Å². The van der Waals surface area contributed by atoms with Crippen molar-refractivity contribution in [2.45, 2.75) is 44.4 Å². The summed E-state index contributed by atoms with van der Waals surface area (Å²) in [6.07, 6.45) is -3.65. The van der Waals surface area contributed by atoms with Crippen LogP contribution in [0.4, 0.5) is 24.5 Å². The lowest BCUT2D eigenvalue weighted by Crippen LogP contribution is -2.52. The third kappa shape index (κ3) is 4.17. The highest BCUT2D eigenvalue weighted by molar-refractivity contribution is 5.91. The largest absolute Gasteiger partial charge is 0.471 e. The van der Waals surface area contributed by atoms with Crippen LogP contribution in [0.15, 0.2) is 42.5 Å². The Morgan fingerprint density at radius 3 is 2.68 bits per heavy atom. The van der Waals surface area contributed by atoms with E-state index in [0.717, 1.165) is 0 Å². The minimum absolute atomic E-state index is 0.150. The Hall–Kier alpha value is -3.23. The molecule has 0 spiro atoms. The molecule has 2 aliphatic rings. The molecule has 2 aliphatic heterocycles. The first-order valence-corrected chi connectivity index (χ1v) is 10.1. The average Bonchev–Trinajstić information content (AvgIpc) is 2.88. The molecule has 6 nitrogen and oxygen atoms in total. The summed E-state index contributed by atoms with van der Waals surface area (Å²) in [5.41, 5.74) is 1.92. The number of carbonyl (C=O) groups is 2. The molecule has 0 radical (unpaired) electrons. The number of ether oxygens (including phenoxy) is 1. The normalized spacial score (nSPS) is 19.8. The molecule has 0 aliphatic carbocycles. The van der Waals surface area contributed by atoms with Crippen molar-refractivity contribution in [1.82, 2.24) is 5.32 Å². The Bertz CT molecular complexity index is 1010. The van der Waals surface area contributed by atoms with E-state index in [4.69, 9.17) is 4.74 Å². The maximum absolute atomic E-state index is 13.0. The fourth-order valence-corrected chi connectivity index (χ4v) is 4.14. The first-order valence-electron chi connectivity index (χ1n) is 10.1. The fraction of sp³-hybridized carbons (Fsp3) is 0.364. The Labute approximate surface area is 177 Å². The molecule has 2 aromatic carbocycles. The fourth-order valence-electron chi connectivity index (χ4n) is 4.14. The van der Waals surface area contributed by atoms with E-state index >= 15 is 0 Å². The van der Waals surface area contributed by atoms with Crippen molar-refractivity contribution in [1.29, 1.82) is 0 Å². The van der Waals surface area contributed by atoms with Crippen molar-refractivity contribution in [2.24, 2.45) is 0 Å². The molecule has 0 saturated carbocycles. The highest BCUT2D eigenvalue weighted by Gasteiger charge is 2.44. The van der Waals surface area contributed by atoms with Crippen LogP contribution in [0.2, 0.25) is 0 Å². The van der Waals surface area contributed by atoms with Gasteiger partial charge in [-0.25, -0.2) is 0 Å². The number of piperidine rings is 1. The molecule has 2 aromatic rings. The molecule has 0 aromatic heterocycles. The number of hydrogen-bond acceptors (Lipinski definition) is 4. The van der Waals surface area contributed by atoms with E-state index < -0.39 is 24.2 Å². The smallest absolute Gasteiger partial charge is 0.455 e. The Morgan fingerprint density at radius 2 is 1.94 bits per heavy atom. The summed E-state index contributed by atoms with van der Waals surface area (Å²) in [4.78, 5) is 25.5. The van der Waals surface area contributed by atoms with Crippen molar-refractivity contribution in [2.75, 3.05) is 16.8 Å². The van der Waals surface area contributed by atoms with Crippen LogP contribution in [0.1, 0.15) is 37.8 Å². The lowest BCUT2D eigenvalue weighted by Gasteiger charge is -2.42. The van der Waals surface area contributed by atoms with Gasteiger partial charge in [0.1, 0.15) is 5.75 Å². The van der Waals surface area contributed by atoms with Crippen LogP contribution in [-0.2, 0) is 9.59 Å². The Morgan fingerprint density at radius 1 is 1.16 bits per heavy atom. The second-order valence-electron chi connectivity index (χ2n) is 7.58.